The molecule has 0 spiro atoms. The Labute approximate surface area is 55.1 Å². The van der Waals surface area contributed by atoms with E-state index in [0.29, 0.717) is 6.42 Å². The molecule has 0 aromatic carbocycles. The van der Waals surface area contributed by atoms with E-state index in [-0.39, 0.29) is 6.42 Å². The van der Waals surface area contributed by atoms with Gasteiger partial charge >= 0.3 is 0 Å². The van der Waals surface area contributed by atoms with Gasteiger partial charge in [0.1, 0.15) is 0 Å². The van der Waals surface area contributed by atoms with Crippen LogP contribution < -0.4 is 10.4 Å². The van der Waals surface area contributed by atoms with Gasteiger partial charge in [0.15, 0.2) is 0 Å². The van der Waals surface area contributed by atoms with Crippen LogP contribution in [0.4, 0.5) is 0 Å². The van der Waals surface area contributed by atoms with E-state index in [1.54, 1.807) is 6.54 Å². The minimum absolute atomic E-state index is 0.104. The lowest BCUT2D eigenvalue weighted by atomic mass is 10.3. The van der Waals surface area contributed by atoms with Crippen LogP contribution in [-0.2, 0) is 4.79 Å². The van der Waals surface area contributed by atoms with E-state index in [2.05, 4.69) is 5.32 Å². The van der Waals surface area contributed by atoms with E-state index in [1.165, 1.54) is 0 Å². The Hall–Kier alpha value is -0.570. The summed E-state index contributed by atoms with van der Waals surface area (Å²) in [5, 5.41) is 12.7. The van der Waals surface area contributed by atoms with Crippen molar-refractivity contribution >= 4 is 5.97 Å². The Morgan fingerprint density at radius 2 is 2.44 bits per heavy atom. The van der Waals surface area contributed by atoms with E-state index < -0.39 is 5.97 Å². The fourth-order valence-corrected chi connectivity index (χ4v) is 0.436. The SMILES string of the molecule is CCN[CH]CCC(=O)[O-]. The van der Waals surface area contributed by atoms with E-state index in [4.69, 9.17) is 0 Å². The maximum atomic E-state index is 9.80. The van der Waals surface area contributed by atoms with Gasteiger partial charge in [0.2, 0.25) is 0 Å². The minimum atomic E-state index is -0.996. The smallest absolute Gasteiger partial charge is 0.0414 e. The molecule has 0 saturated heterocycles. The lowest BCUT2D eigenvalue weighted by molar-refractivity contribution is -0.305. The normalized spacial score (nSPS) is 9.44. The minimum Gasteiger partial charge on any atom is -0.550 e. The van der Waals surface area contributed by atoms with Crippen molar-refractivity contribution in [1.29, 1.82) is 0 Å². The lowest BCUT2D eigenvalue weighted by Crippen LogP contribution is -2.22. The van der Waals surface area contributed by atoms with Crippen LogP contribution in [0.25, 0.3) is 0 Å². The van der Waals surface area contributed by atoms with Gasteiger partial charge in [0.25, 0.3) is 0 Å². The second-order valence-corrected chi connectivity index (χ2v) is 1.67. The Morgan fingerprint density at radius 1 is 1.78 bits per heavy atom. The average molecular weight is 129 g/mol. The van der Waals surface area contributed by atoms with Gasteiger partial charge < -0.3 is 15.2 Å². The topological polar surface area (TPSA) is 52.2 Å². The maximum absolute atomic E-state index is 9.80. The molecule has 0 rings (SSSR count). The molecule has 0 bridgehead atoms. The summed E-state index contributed by atoms with van der Waals surface area (Å²) in [5.41, 5.74) is 0. The summed E-state index contributed by atoms with van der Waals surface area (Å²) >= 11 is 0. The van der Waals surface area contributed by atoms with Crippen LogP contribution >= 0.6 is 0 Å². The molecule has 0 aromatic heterocycles. The number of hydrogen-bond acceptors (Lipinski definition) is 3. The Balaban J connectivity index is 2.83. The molecule has 0 aliphatic heterocycles. The monoisotopic (exact) mass is 129 g/mol. The summed E-state index contributed by atoms with van der Waals surface area (Å²) in [5.74, 6) is -0.996. The van der Waals surface area contributed by atoms with Crippen LogP contribution in [0, 0.1) is 6.54 Å². The van der Waals surface area contributed by atoms with Gasteiger partial charge in [0.05, 0.1) is 0 Å². The van der Waals surface area contributed by atoms with Crippen molar-refractivity contribution in [3.8, 4) is 0 Å². The van der Waals surface area contributed by atoms with Crippen LogP contribution in [0.15, 0.2) is 0 Å². The summed E-state index contributed by atoms with van der Waals surface area (Å²) in [4.78, 5) is 9.80. The molecule has 53 valence electrons. The Kier molecular flexibility index (Phi) is 5.21. The van der Waals surface area contributed by atoms with Crippen molar-refractivity contribution < 1.29 is 9.90 Å². The number of carboxylic acids is 1. The van der Waals surface area contributed by atoms with Gasteiger partial charge in [0, 0.05) is 12.5 Å². The highest BCUT2D eigenvalue weighted by Gasteiger charge is 1.85. The van der Waals surface area contributed by atoms with Crippen LogP contribution in [0.5, 0.6) is 0 Å². The van der Waals surface area contributed by atoms with Gasteiger partial charge in [-0.05, 0) is 19.4 Å². The highest BCUT2D eigenvalue weighted by molar-refractivity contribution is 5.64. The number of carbonyl (C=O) groups excluding carboxylic acids is 1. The number of carbonyl (C=O) groups is 1. The molecular formula is C6H11NO2-. The summed E-state index contributed by atoms with van der Waals surface area (Å²) < 4.78 is 0. The highest BCUT2D eigenvalue weighted by atomic mass is 16.4. The first kappa shape index (κ1) is 8.43. The van der Waals surface area contributed by atoms with E-state index in [9.17, 15) is 9.90 Å². The Bertz CT molecular complexity index is 83.1. The van der Waals surface area contributed by atoms with Crippen molar-refractivity contribution in [3.05, 3.63) is 6.54 Å². The van der Waals surface area contributed by atoms with Crippen LogP contribution in [-0.4, -0.2) is 12.5 Å². The molecule has 1 radical (unpaired) electrons. The van der Waals surface area contributed by atoms with Gasteiger partial charge in [-0.3, -0.25) is 0 Å². The molecule has 0 heterocycles. The zero-order chi connectivity index (χ0) is 7.11. The number of aliphatic carboxylic acids is 1. The summed E-state index contributed by atoms with van der Waals surface area (Å²) in [6, 6.07) is 0. The largest absolute Gasteiger partial charge is 0.550 e. The fraction of sp³-hybridized carbons (Fsp3) is 0.667. The molecule has 3 nitrogen and oxygen atoms in total. The third kappa shape index (κ3) is 7.43. The zero-order valence-corrected chi connectivity index (χ0v) is 5.52. The van der Waals surface area contributed by atoms with Crippen molar-refractivity contribution in [1.82, 2.24) is 5.32 Å². The molecule has 1 N–H and O–H groups in total. The first-order valence-corrected chi connectivity index (χ1v) is 3.02. The molecule has 0 atom stereocenters. The summed E-state index contributed by atoms with van der Waals surface area (Å²) in [6.45, 7) is 4.53. The quantitative estimate of drug-likeness (QED) is 0.499. The third-order valence-corrected chi connectivity index (χ3v) is 0.841. The second kappa shape index (κ2) is 5.56. The van der Waals surface area contributed by atoms with Gasteiger partial charge in [-0.25, -0.2) is 0 Å². The predicted molar refractivity (Wildman–Crippen MR) is 32.2 cm³/mol. The van der Waals surface area contributed by atoms with Gasteiger partial charge in [-0.15, -0.1) is 0 Å². The standard InChI is InChI=1S/C6H12NO2/c1-2-7-5-3-4-6(8)9/h5,7H,2-4H2,1H3,(H,8,9)/p-1. The molecule has 0 amide bonds. The van der Waals surface area contributed by atoms with Crippen LogP contribution in [0.1, 0.15) is 19.8 Å². The van der Waals surface area contributed by atoms with E-state index in [0.717, 1.165) is 6.54 Å². The molecular weight excluding hydrogens is 118 g/mol. The van der Waals surface area contributed by atoms with Crippen molar-refractivity contribution in [2.45, 2.75) is 19.8 Å². The molecule has 0 unspecified atom stereocenters. The van der Waals surface area contributed by atoms with E-state index in [1.807, 2.05) is 6.92 Å². The molecule has 0 aliphatic rings. The van der Waals surface area contributed by atoms with Crippen molar-refractivity contribution in [2.75, 3.05) is 6.54 Å². The molecule has 0 fully saturated rings. The van der Waals surface area contributed by atoms with E-state index >= 15 is 0 Å². The number of carboxylic acid groups (broad SMARTS) is 1. The fourth-order valence-electron chi connectivity index (χ4n) is 0.436. The predicted octanol–water partition coefficient (Wildman–Crippen LogP) is -0.712. The third-order valence-electron chi connectivity index (χ3n) is 0.841. The molecule has 0 aromatic rings. The Morgan fingerprint density at radius 3 is 2.89 bits per heavy atom. The van der Waals surface area contributed by atoms with Crippen LogP contribution in [0.2, 0.25) is 0 Å². The highest BCUT2D eigenvalue weighted by Crippen LogP contribution is 1.87. The molecule has 9 heavy (non-hydrogen) atoms. The second-order valence-electron chi connectivity index (χ2n) is 1.67. The zero-order valence-electron chi connectivity index (χ0n) is 5.52. The summed E-state index contributed by atoms with van der Waals surface area (Å²) in [7, 11) is 0. The first-order valence-electron chi connectivity index (χ1n) is 3.02. The first-order chi connectivity index (χ1) is 4.27. The molecule has 3 heteroatoms. The average Bonchev–Trinajstić information content (AvgIpc) is 1.80. The van der Waals surface area contributed by atoms with Gasteiger partial charge in [-0.1, -0.05) is 6.92 Å². The number of nitrogens with one attached hydrogen (secondary N) is 1. The van der Waals surface area contributed by atoms with Crippen LogP contribution in [0.3, 0.4) is 0 Å². The number of hydrogen-bond donors (Lipinski definition) is 1. The maximum Gasteiger partial charge on any atom is 0.0414 e. The van der Waals surface area contributed by atoms with Gasteiger partial charge in [-0.2, -0.15) is 0 Å². The van der Waals surface area contributed by atoms with Crippen molar-refractivity contribution in [2.24, 2.45) is 0 Å². The number of rotatable bonds is 5. The lowest BCUT2D eigenvalue weighted by Gasteiger charge is -2.00. The molecule has 0 aliphatic carbocycles. The molecule has 0 saturated carbocycles. The van der Waals surface area contributed by atoms with Crippen molar-refractivity contribution in [3.63, 3.8) is 0 Å². The summed E-state index contributed by atoms with van der Waals surface area (Å²) in [6.07, 6.45) is 0.642.